The van der Waals surface area contributed by atoms with Crippen LogP contribution in [0.1, 0.15) is 43.5 Å². The molecule has 3 aromatic carbocycles. The van der Waals surface area contributed by atoms with E-state index in [9.17, 15) is 26.4 Å². The molecule has 1 heterocycles. The second-order valence-corrected chi connectivity index (χ2v) is 13.5. The number of fused-ring (bicyclic) bond motifs is 2. The van der Waals surface area contributed by atoms with Gasteiger partial charge < -0.3 is 18.9 Å². The number of hydrogen-bond acceptors (Lipinski definition) is 12. The average molecular weight is 639 g/mol. The third-order valence-corrected chi connectivity index (χ3v) is 10.2. The van der Waals surface area contributed by atoms with Crippen LogP contribution in [0, 0.1) is 0 Å². The van der Waals surface area contributed by atoms with Crippen molar-refractivity contribution in [2.24, 2.45) is 0 Å². The van der Waals surface area contributed by atoms with Crippen LogP contribution >= 0.6 is 0 Å². The van der Waals surface area contributed by atoms with Crippen molar-refractivity contribution in [3.8, 4) is 23.0 Å². The number of methoxy groups -OCH3 is 4. The maximum absolute atomic E-state index is 13.6. The van der Waals surface area contributed by atoms with E-state index in [-0.39, 0.29) is 55.2 Å². The summed E-state index contributed by atoms with van der Waals surface area (Å²) < 4.78 is 75.3. The van der Waals surface area contributed by atoms with Gasteiger partial charge in [0.05, 0.1) is 61.1 Å². The predicted molar refractivity (Wildman–Crippen MR) is 156 cm³/mol. The molecule has 0 aliphatic heterocycles. The minimum absolute atomic E-state index is 0.0821. The van der Waals surface area contributed by atoms with Gasteiger partial charge in [-0.1, -0.05) is 24.3 Å². The van der Waals surface area contributed by atoms with Gasteiger partial charge in [0.15, 0.2) is 42.7 Å². The average Bonchev–Trinajstić information content (AvgIpc) is 3.03. The molecule has 0 saturated carbocycles. The number of ether oxygens (including phenoxy) is 4. The first-order valence-corrected chi connectivity index (χ1v) is 16.2. The molecule has 44 heavy (non-hydrogen) atoms. The fourth-order valence-corrected chi connectivity index (χ4v) is 7.37. The lowest BCUT2D eigenvalue weighted by Gasteiger charge is -2.19. The van der Waals surface area contributed by atoms with Crippen molar-refractivity contribution in [3.63, 3.8) is 0 Å². The van der Waals surface area contributed by atoms with Crippen LogP contribution in [0.3, 0.4) is 0 Å². The van der Waals surface area contributed by atoms with Crippen LogP contribution in [-0.2, 0) is 31.2 Å². The molecule has 0 atom stereocenters. The Morgan fingerprint density at radius 3 is 1.25 bits per heavy atom. The van der Waals surface area contributed by atoms with Gasteiger partial charge in [-0.25, -0.2) is 26.8 Å². The van der Waals surface area contributed by atoms with Gasteiger partial charge in [0.2, 0.25) is 11.6 Å². The smallest absolute Gasteiger partial charge is 0.214 e. The van der Waals surface area contributed by atoms with Gasteiger partial charge in [-0.05, 0) is 24.3 Å². The van der Waals surface area contributed by atoms with Crippen LogP contribution in [0.2, 0.25) is 0 Å². The maximum atomic E-state index is 13.6. The fraction of sp³-hybridized carbons (Fsp3) is 0.200. The SMILES string of the molecule is COc1ccc(S(=O)(=O)Cc2nc3c(nc2CS(=O)(=O)c2ccc(OC)c(OC)c2)C(=O)c2ccccc2C3=O)cc1OC. The third-order valence-electron chi connectivity index (χ3n) is 6.98. The molecule has 0 fully saturated rings. The molecule has 1 aliphatic rings. The number of sulfone groups is 2. The van der Waals surface area contributed by atoms with Crippen LogP contribution in [0.25, 0.3) is 0 Å². The predicted octanol–water partition coefficient (Wildman–Crippen LogP) is 3.23. The zero-order valence-electron chi connectivity index (χ0n) is 24.0. The van der Waals surface area contributed by atoms with Gasteiger partial charge >= 0.3 is 0 Å². The summed E-state index contributed by atoms with van der Waals surface area (Å²) in [5.74, 6) is -2.04. The number of benzene rings is 3. The van der Waals surface area contributed by atoms with Crippen molar-refractivity contribution in [3.05, 3.63) is 94.6 Å². The number of ketones is 2. The molecule has 0 saturated heterocycles. The molecule has 1 aliphatic carbocycles. The molecule has 14 heteroatoms. The van der Waals surface area contributed by atoms with Crippen LogP contribution in [0.4, 0.5) is 0 Å². The summed E-state index contributed by atoms with van der Waals surface area (Å²) in [5, 5.41) is 0. The fourth-order valence-electron chi connectivity index (χ4n) is 4.73. The summed E-state index contributed by atoms with van der Waals surface area (Å²) in [6.45, 7) is 0. The normalized spacial score (nSPS) is 12.7. The number of rotatable bonds is 10. The van der Waals surface area contributed by atoms with E-state index in [1.807, 2.05) is 0 Å². The molecule has 0 unspecified atom stereocenters. The van der Waals surface area contributed by atoms with E-state index in [0.29, 0.717) is 11.5 Å². The van der Waals surface area contributed by atoms with Crippen molar-refractivity contribution in [2.45, 2.75) is 21.3 Å². The van der Waals surface area contributed by atoms with E-state index in [2.05, 4.69) is 9.97 Å². The number of aromatic nitrogens is 2. The molecule has 0 N–H and O–H groups in total. The van der Waals surface area contributed by atoms with Crippen molar-refractivity contribution in [1.82, 2.24) is 9.97 Å². The van der Waals surface area contributed by atoms with E-state index in [4.69, 9.17) is 18.9 Å². The van der Waals surface area contributed by atoms with Gasteiger partial charge in [0.1, 0.15) is 11.4 Å². The molecule has 1 aromatic heterocycles. The summed E-state index contributed by atoms with van der Waals surface area (Å²) in [7, 11) is -2.94. The minimum atomic E-state index is -4.22. The Balaban J connectivity index is 1.65. The quantitative estimate of drug-likeness (QED) is 0.220. The molecular formula is C30H26N2O10S2. The molecule has 4 aromatic rings. The summed E-state index contributed by atoms with van der Waals surface area (Å²) in [6, 6.07) is 14.0. The first kappa shape index (κ1) is 30.6. The summed E-state index contributed by atoms with van der Waals surface area (Å²) in [4.78, 5) is 35.0. The topological polar surface area (TPSA) is 165 Å². The highest BCUT2D eigenvalue weighted by Crippen LogP contribution is 2.34. The minimum Gasteiger partial charge on any atom is -0.493 e. The van der Waals surface area contributed by atoms with Crippen LogP contribution in [-0.4, -0.2) is 66.8 Å². The third kappa shape index (κ3) is 5.49. The van der Waals surface area contributed by atoms with Crippen molar-refractivity contribution >= 4 is 31.2 Å². The van der Waals surface area contributed by atoms with Crippen LogP contribution in [0.5, 0.6) is 23.0 Å². The van der Waals surface area contributed by atoms with E-state index >= 15 is 0 Å². The molecule has 5 rings (SSSR count). The Kier molecular flexibility index (Phi) is 8.14. The van der Waals surface area contributed by atoms with E-state index in [1.165, 1.54) is 77.0 Å². The Labute approximate surface area is 253 Å². The van der Waals surface area contributed by atoms with Crippen molar-refractivity contribution < 1.29 is 45.4 Å². The summed E-state index contributed by atoms with van der Waals surface area (Å²) >= 11 is 0. The lowest BCUT2D eigenvalue weighted by Crippen LogP contribution is -2.27. The molecule has 0 spiro atoms. The van der Waals surface area contributed by atoms with E-state index in [1.54, 1.807) is 12.1 Å². The Bertz CT molecular complexity index is 1900. The molecule has 0 amide bonds. The second kappa shape index (κ2) is 11.7. The summed E-state index contributed by atoms with van der Waals surface area (Å²) in [5.41, 5.74) is -1.17. The molecular weight excluding hydrogens is 612 g/mol. The molecule has 12 nitrogen and oxygen atoms in total. The van der Waals surface area contributed by atoms with Gasteiger partial charge in [0.25, 0.3) is 0 Å². The number of carbonyl (C=O) groups is 2. The number of nitrogens with zero attached hydrogens (tertiary/aromatic N) is 2. The zero-order valence-corrected chi connectivity index (χ0v) is 25.6. The van der Waals surface area contributed by atoms with Crippen molar-refractivity contribution in [1.29, 1.82) is 0 Å². The Hall–Kier alpha value is -4.82. The zero-order chi connectivity index (χ0) is 31.8. The number of carbonyl (C=O) groups excluding carboxylic acids is 2. The highest BCUT2D eigenvalue weighted by atomic mass is 32.2. The van der Waals surface area contributed by atoms with Crippen LogP contribution in [0.15, 0.2) is 70.5 Å². The molecule has 0 radical (unpaired) electrons. The molecule has 0 bridgehead atoms. The maximum Gasteiger partial charge on any atom is 0.214 e. The Morgan fingerprint density at radius 2 is 0.909 bits per heavy atom. The first-order chi connectivity index (χ1) is 20.9. The lowest BCUT2D eigenvalue weighted by atomic mass is 9.89. The van der Waals surface area contributed by atoms with Crippen molar-refractivity contribution in [2.75, 3.05) is 28.4 Å². The highest BCUT2D eigenvalue weighted by Gasteiger charge is 2.35. The Morgan fingerprint density at radius 1 is 0.545 bits per heavy atom. The highest BCUT2D eigenvalue weighted by molar-refractivity contribution is 7.91. The van der Waals surface area contributed by atoms with Gasteiger partial charge in [0, 0.05) is 23.3 Å². The first-order valence-electron chi connectivity index (χ1n) is 12.9. The van der Waals surface area contributed by atoms with E-state index < -0.39 is 42.7 Å². The monoisotopic (exact) mass is 638 g/mol. The molecule has 228 valence electrons. The second-order valence-electron chi connectivity index (χ2n) is 9.57. The van der Waals surface area contributed by atoms with Gasteiger partial charge in [-0.2, -0.15) is 0 Å². The standard InChI is InChI=1S/C30H26N2O10S2/c1-39-23-11-9-17(13-25(23)41-3)43(35,36)15-21-22(16-44(37,38)18-10-12-24(40-2)26(14-18)42-4)32-28-27(31-21)29(33)19-7-5-6-8-20(19)30(28)34/h5-14H,15-16H2,1-4H3. The van der Waals surface area contributed by atoms with E-state index in [0.717, 1.165) is 0 Å². The number of hydrogen-bond donors (Lipinski definition) is 0. The largest absolute Gasteiger partial charge is 0.493 e. The van der Waals surface area contributed by atoms with Gasteiger partial charge in [-0.15, -0.1) is 0 Å². The lowest BCUT2D eigenvalue weighted by molar-refractivity contribution is 0.0971. The van der Waals surface area contributed by atoms with Crippen LogP contribution < -0.4 is 18.9 Å². The summed E-state index contributed by atoms with van der Waals surface area (Å²) in [6.07, 6.45) is 0. The van der Waals surface area contributed by atoms with Gasteiger partial charge in [-0.3, -0.25) is 9.59 Å².